The van der Waals surface area contributed by atoms with Gasteiger partial charge in [-0.2, -0.15) is 0 Å². The maximum Gasteiger partial charge on any atom is 0.255 e. The van der Waals surface area contributed by atoms with E-state index in [1.165, 1.54) is 13.2 Å². The summed E-state index contributed by atoms with van der Waals surface area (Å²) >= 11 is 0. The molecule has 1 unspecified atom stereocenters. The van der Waals surface area contributed by atoms with Crippen LogP contribution in [0.3, 0.4) is 0 Å². The number of amides is 1. The minimum absolute atomic E-state index is 0.133. The van der Waals surface area contributed by atoms with E-state index in [0.717, 1.165) is 6.54 Å². The monoisotopic (exact) mass is 266 g/mol. The standard InChI is InChI=1S/C13H18N2O4/c1-19-10-4-2-3-9(11(10)16)12(17)15-8-13(18)5-6-14-7-13/h2-4,14,16,18H,5-8H2,1H3,(H,15,17). The number of carbonyl (C=O) groups is 1. The average Bonchev–Trinajstić information content (AvgIpc) is 2.84. The Morgan fingerprint density at radius 1 is 1.58 bits per heavy atom. The van der Waals surface area contributed by atoms with Crippen LogP contribution in [0.2, 0.25) is 0 Å². The molecule has 1 aromatic carbocycles. The van der Waals surface area contributed by atoms with Gasteiger partial charge < -0.3 is 25.6 Å². The molecular formula is C13H18N2O4. The predicted octanol–water partition coefficient (Wildman–Crippen LogP) is -0.145. The van der Waals surface area contributed by atoms with Crippen molar-refractivity contribution < 1.29 is 19.7 Å². The number of nitrogens with one attached hydrogen (secondary N) is 2. The summed E-state index contributed by atoms with van der Waals surface area (Å²) in [6.45, 7) is 1.34. The first-order valence-corrected chi connectivity index (χ1v) is 6.13. The Hall–Kier alpha value is -1.79. The van der Waals surface area contributed by atoms with Gasteiger partial charge >= 0.3 is 0 Å². The number of aromatic hydroxyl groups is 1. The number of benzene rings is 1. The molecule has 0 spiro atoms. The molecule has 1 aromatic rings. The van der Waals surface area contributed by atoms with Crippen molar-refractivity contribution in [1.82, 2.24) is 10.6 Å². The van der Waals surface area contributed by atoms with Crippen LogP contribution in [0.1, 0.15) is 16.8 Å². The highest BCUT2D eigenvalue weighted by Gasteiger charge is 2.31. The Morgan fingerprint density at radius 2 is 2.37 bits per heavy atom. The van der Waals surface area contributed by atoms with Gasteiger partial charge in [-0.05, 0) is 25.1 Å². The van der Waals surface area contributed by atoms with Crippen LogP contribution in [0.4, 0.5) is 0 Å². The molecule has 6 nitrogen and oxygen atoms in total. The lowest BCUT2D eigenvalue weighted by Crippen LogP contribution is -2.44. The normalized spacial score (nSPS) is 22.2. The van der Waals surface area contributed by atoms with Gasteiger partial charge in [-0.1, -0.05) is 6.07 Å². The Kier molecular flexibility index (Phi) is 3.92. The molecule has 1 saturated heterocycles. The van der Waals surface area contributed by atoms with E-state index in [0.29, 0.717) is 13.0 Å². The summed E-state index contributed by atoms with van der Waals surface area (Å²) in [5.74, 6) is -0.385. The van der Waals surface area contributed by atoms with Crippen LogP contribution in [-0.4, -0.2) is 48.5 Å². The third-order valence-electron chi connectivity index (χ3n) is 3.26. The fourth-order valence-electron chi connectivity index (χ4n) is 2.09. The van der Waals surface area contributed by atoms with E-state index in [2.05, 4.69) is 10.6 Å². The summed E-state index contributed by atoms with van der Waals surface area (Å²) in [6, 6.07) is 4.70. The highest BCUT2D eigenvalue weighted by atomic mass is 16.5. The van der Waals surface area contributed by atoms with Gasteiger partial charge in [0.25, 0.3) is 5.91 Å². The zero-order chi connectivity index (χ0) is 13.9. The molecule has 4 N–H and O–H groups in total. The predicted molar refractivity (Wildman–Crippen MR) is 69.4 cm³/mol. The third kappa shape index (κ3) is 2.97. The summed E-state index contributed by atoms with van der Waals surface area (Å²) in [5, 5.41) is 25.6. The average molecular weight is 266 g/mol. The quantitative estimate of drug-likeness (QED) is 0.609. The second-order valence-electron chi connectivity index (χ2n) is 4.69. The number of phenolic OH excluding ortho intramolecular Hbond substituents is 1. The maximum absolute atomic E-state index is 12.0. The van der Waals surface area contributed by atoms with E-state index in [1.54, 1.807) is 12.1 Å². The number of methoxy groups -OCH3 is 1. The Bertz CT molecular complexity index is 470. The second kappa shape index (κ2) is 5.46. The van der Waals surface area contributed by atoms with Crippen LogP contribution >= 0.6 is 0 Å². The van der Waals surface area contributed by atoms with Gasteiger partial charge in [0.2, 0.25) is 0 Å². The van der Waals surface area contributed by atoms with E-state index in [-0.39, 0.29) is 23.6 Å². The smallest absolute Gasteiger partial charge is 0.255 e. The van der Waals surface area contributed by atoms with E-state index in [1.807, 2.05) is 0 Å². The summed E-state index contributed by atoms with van der Waals surface area (Å²) < 4.78 is 4.94. The highest BCUT2D eigenvalue weighted by molar-refractivity contribution is 5.97. The minimum Gasteiger partial charge on any atom is -0.504 e. The number of para-hydroxylation sites is 1. The summed E-state index contributed by atoms with van der Waals surface area (Å²) in [6.07, 6.45) is 0.595. The van der Waals surface area contributed by atoms with E-state index >= 15 is 0 Å². The maximum atomic E-state index is 12.0. The van der Waals surface area contributed by atoms with Gasteiger partial charge in [0, 0.05) is 13.1 Å². The van der Waals surface area contributed by atoms with Crippen LogP contribution in [0.15, 0.2) is 18.2 Å². The number of phenols is 1. The highest BCUT2D eigenvalue weighted by Crippen LogP contribution is 2.29. The Balaban J connectivity index is 2.04. The van der Waals surface area contributed by atoms with E-state index < -0.39 is 11.5 Å². The van der Waals surface area contributed by atoms with E-state index in [4.69, 9.17) is 4.74 Å². The van der Waals surface area contributed by atoms with Crippen molar-refractivity contribution in [2.45, 2.75) is 12.0 Å². The van der Waals surface area contributed by atoms with Gasteiger partial charge in [-0.15, -0.1) is 0 Å². The fourth-order valence-corrected chi connectivity index (χ4v) is 2.09. The lowest BCUT2D eigenvalue weighted by molar-refractivity contribution is 0.0561. The SMILES string of the molecule is COc1cccc(C(=O)NCC2(O)CCNC2)c1O. The van der Waals surface area contributed by atoms with Crippen LogP contribution < -0.4 is 15.4 Å². The summed E-state index contributed by atoms with van der Waals surface area (Å²) in [5.41, 5.74) is -0.779. The topological polar surface area (TPSA) is 90.8 Å². The molecule has 0 radical (unpaired) electrons. The first-order valence-electron chi connectivity index (χ1n) is 6.13. The summed E-state index contributed by atoms with van der Waals surface area (Å²) in [7, 11) is 1.42. The second-order valence-corrected chi connectivity index (χ2v) is 4.69. The van der Waals surface area contributed by atoms with Gasteiger partial charge in [0.15, 0.2) is 11.5 Å². The van der Waals surface area contributed by atoms with Crippen molar-refractivity contribution in [2.24, 2.45) is 0 Å². The molecule has 104 valence electrons. The molecular weight excluding hydrogens is 248 g/mol. The van der Waals surface area contributed by atoms with E-state index in [9.17, 15) is 15.0 Å². The molecule has 0 bridgehead atoms. The van der Waals surface area contributed by atoms with Crippen molar-refractivity contribution in [3.8, 4) is 11.5 Å². The number of rotatable bonds is 4. The fraction of sp³-hybridized carbons (Fsp3) is 0.462. The van der Waals surface area contributed by atoms with Gasteiger partial charge in [-0.25, -0.2) is 0 Å². The van der Waals surface area contributed by atoms with Gasteiger partial charge in [0.1, 0.15) is 0 Å². The Labute approximate surface area is 111 Å². The third-order valence-corrected chi connectivity index (χ3v) is 3.26. The number of carbonyl (C=O) groups excluding carboxylic acids is 1. The molecule has 0 saturated carbocycles. The minimum atomic E-state index is -0.913. The molecule has 6 heteroatoms. The molecule has 1 fully saturated rings. The molecule has 2 rings (SSSR count). The van der Waals surface area contributed by atoms with Crippen molar-refractivity contribution >= 4 is 5.91 Å². The van der Waals surface area contributed by atoms with Gasteiger partial charge in [-0.3, -0.25) is 4.79 Å². The first-order chi connectivity index (χ1) is 9.06. The lowest BCUT2D eigenvalue weighted by Gasteiger charge is -2.21. The first kappa shape index (κ1) is 13.6. The Morgan fingerprint density at radius 3 is 3.00 bits per heavy atom. The molecule has 19 heavy (non-hydrogen) atoms. The largest absolute Gasteiger partial charge is 0.504 e. The van der Waals surface area contributed by atoms with Crippen LogP contribution in [0.25, 0.3) is 0 Å². The molecule has 0 aliphatic carbocycles. The van der Waals surface area contributed by atoms with Crippen LogP contribution in [0, 0.1) is 0 Å². The summed E-state index contributed by atoms with van der Waals surface area (Å²) in [4.78, 5) is 12.0. The van der Waals surface area contributed by atoms with Crippen LogP contribution in [-0.2, 0) is 0 Å². The molecule has 1 atom stereocenters. The van der Waals surface area contributed by atoms with Crippen LogP contribution in [0.5, 0.6) is 11.5 Å². The lowest BCUT2D eigenvalue weighted by atomic mass is 10.0. The zero-order valence-corrected chi connectivity index (χ0v) is 10.8. The molecule has 1 aliphatic heterocycles. The van der Waals surface area contributed by atoms with Crippen molar-refractivity contribution in [1.29, 1.82) is 0 Å². The molecule has 1 heterocycles. The van der Waals surface area contributed by atoms with Crippen molar-refractivity contribution in [2.75, 3.05) is 26.7 Å². The zero-order valence-electron chi connectivity index (χ0n) is 10.8. The van der Waals surface area contributed by atoms with Crippen molar-refractivity contribution in [3.63, 3.8) is 0 Å². The molecule has 1 aliphatic rings. The number of hydrogen-bond acceptors (Lipinski definition) is 5. The number of aliphatic hydroxyl groups is 1. The number of β-amino-alcohol motifs (C(OH)–C–C–N with tert-alkyl or cyclic N) is 1. The number of ether oxygens (including phenoxy) is 1. The van der Waals surface area contributed by atoms with Crippen molar-refractivity contribution in [3.05, 3.63) is 23.8 Å². The molecule has 1 amide bonds. The molecule has 0 aromatic heterocycles. The van der Waals surface area contributed by atoms with Gasteiger partial charge in [0.05, 0.1) is 18.3 Å². The number of hydrogen-bond donors (Lipinski definition) is 4.